The summed E-state index contributed by atoms with van der Waals surface area (Å²) in [5.74, 6) is 0.497. The number of methoxy groups -OCH3 is 1. The molecule has 8 nitrogen and oxygen atoms in total. The normalized spacial score (nSPS) is 10.9. The van der Waals surface area contributed by atoms with Crippen LogP contribution in [0.5, 0.6) is 5.75 Å². The van der Waals surface area contributed by atoms with Crippen molar-refractivity contribution in [3.8, 4) is 17.0 Å². The van der Waals surface area contributed by atoms with Gasteiger partial charge in [-0.15, -0.1) is 0 Å². The van der Waals surface area contributed by atoms with Gasteiger partial charge >= 0.3 is 0 Å². The quantitative estimate of drug-likeness (QED) is 0.447. The number of amides is 1. The van der Waals surface area contributed by atoms with E-state index in [0.29, 0.717) is 23.4 Å². The predicted molar refractivity (Wildman–Crippen MR) is 121 cm³/mol. The average molecular weight is 424 g/mol. The van der Waals surface area contributed by atoms with Gasteiger partial charge in [-0.25, -0.2) is 9.50 Å². The topological polar surface area (TPSA) is 86.3 Å². The summed E-state index contributed by atoms with van der Waals surface area (Å²) in [4.78, 5) is 17.3. The van der Waals surface area contributed by atoms with Gasteiger partial charge in [-0.2, -0.15) is 10.2 Å². The number of aromatic nitrogens is 5. The monoisotopic (exact) mass is 424 g/mol. The summed E-state index contributed by atoms with van der Waals surface area (Å²) in [5.41, 5.74) is 4.38. The SMILES string of the molecule is COc1cccc(Cn2cc(NC(=O)c3cnn4c(-c5ccccc5)ccnc34)cn2)c1. The number of nitrogens with zero attached hydrogens (tertiary/aromatic N) is 5. The van der Waals surface area contributed by atoms with Crippen molar-refractivity contribution in [1.29, 1.82) is 0 Å². The van der Waals surface area contributed by atoms with E-state index < -0.39 is 0 Å². The Balaban J connectivity index is 1.36. The van der Waals surface area contributed by atoms with Gasteiger partial charge in [-0.1, -0.05) is 42.5 Å². The number of hydrogen-bond acceptors (Lipinski definition) is 5. The second kappa shape index (κ2) is 8.35. The Labute approximate surface area is 184 Å². The molecule has 158 valence electrons. The Morgan fingerprint density at radius 1 is 1.03 bits per heavy atom. The Hall–Kier alpha value is -4.46. The first-order valence-electron chi connectivity index (χ1n) is 10.1. The van der Waals surface area contributed by atoms with Crippen LogP contribution in [0.4, 0.5) is 5.69 Å². The molecule has 0 radical (unpaired) electrons. The zero-order valence-electron chi connectivity index (χ0n) is 17.3. The number of anilines is 1. The molecule has 5 aromatic rings. The molecule has 0 spiro atoms. The zero-order chi connectivity index (χ0) is 21.9. The van der Waals surface area contributed by atoms with E-state index in [1.807, 2.05) is 60.7 Å². The highest BCUT2D eigenvalue weighted by Gasteiger charge is 2.17. The van der Waals surface area contributed by atoms with Crippen LogP contribution in [0, 0.1) is 0 Å². The molecule has 32 heavy (non-hydrogen) atoms. The largest absolute Gasteiger partial charge is 0.497 e. The third kappa shape index (κ3) is 3.81. The summed E-state index contributed by atoms with van der Waals surface area (Å²) >= 11 is 0. The van der Waals surface area contributed by atoms with Crippen molar-refractivity contribution < 1.29 is 9.53 Å². The van der Waals surface area contributed by atoms with Crippen LogP contribution in [0.25, 0.3) is 16.9 Å². The lowest BCUT2D eigenvalue weighted by Gasteiger charge is -2.05. The number of rotatable bonds is 6. The molecule has 0 saturated heterocycles. The van der Waals surface area contributed by atoms with Crippen LogP contribution in [-0.4, -0.2) is 37.4 Å². The van der Waals surface area contributed by atoms with Crippen molar-refractivity contribution in [3.05, 3.63) is 96.6 Å². The number of nitrogens with one attached hydrogen (secondary N) is 1. The summed E-state index contributed by atoms with van der Waals surface area (Å²) in [6.07, 6.45) is 6.62. The Kier molecular flexibility index (Phi) is 5.09. The number of ether oxygens (including phenoxy) is 1. The molecule has 0 saturated carbocycles. The maximum atomic E-state index is 12.9. The van der Waals surface area contributed by atoms with Crippen molar-refractivity contribution in [3.63, 3.8) is 0 Å². The molecule has 8 heteroatoms. The van der Waals surface area contributed by atoms with E-state index in [9.17, 15) is 4.79 Å². The van der Waals surface area contributed by atoms with Gasteiger partial charge in [-0.05, 0) is 23.8 Å². The Morgan fingerprint density at radius 2 is 1.91 bits per heavy atom. The minimum atomic E-state index is -0.293. The third-order valence-electron chi connectivity index (χ3n) is 5.09. The van der Waals surface area contributed by atoms with Crippen LogP contribution < -0.4 is 10.1 Å². The van der Waals surface area contributed by atoms with Crippen molar-refractivity contribution in [1.82, 2.24) is 24.4 Å². The van der Waals surface area contributed by atoms with Crippen LogP contribution in [0.3, 0.4) is 0 Å². The van der Waals surface area contributed by atoms with Crippen molar-refractivity contribution in [2.45, 2.75) is 6.54 Å². The molecule has 0 aliphatic carbocycles. The van der Waals surface area contributed by atoms with Gasteiger partial charge in [0, 0.05) is 18.0 Å². The fourth-order valence-corrected chi connectivity index (χ4v) is 3.55. The summed E-state index contributed by atoms with van der Waals surface area (Å²) < 4.78 is 8.70. The second-order valence-electron chi connectivity index (χ2n) is 7.22. The standard InChI is InChI=1S/C24H20N6O2/c1-32-20-9-5-6-17(12-20)15-29-16-19(13-26-29)28-24(31)21-14-27-30-22(10-11-25-23(21)30)18-7-3-2-4-8-18/h2-14,16H,15H2,1H3,(H,28,31). The number of carbonyl (C=O) groups excluding carboxylic acids is 1. The highest BCUT2D eigenvalue weighted by atomic mass is 16.5. The maximum absolute atomic E-state index is 12.9. The molecule has 3 heterocycles. The molecule has 0 atom stereocenters. The number of hydrogen-bond donors (Lipinski definition) is 1. The van der Waals surface area contributed by atoms with Gasteiger partial charge in [0.15, 0.2) is 5.65 Å². The van der Waals surface area contributed by atoms with Gasteiger partial charge in [0.25, 0.3) is 5.91 Å². The van der Waals surface area contributed by atoms with Gasteiger partial charge < -0.3 is 10.1 Å². The van der Waals surface area contributed by atoms with Crippen LogP contribution in [0.1, 0.15) is 15.9 Å². The molecule has 2 aromatic carbocycles. The maximum Gasteiger partial charge on any atom is 0.261 e. The molecule has 0 fully saturated rings. The molecule has 1 N–H and O–H groups in total. The highest BCUT2D eigenvalue weighted by Crippen LogP contribution is 2.21. The van der Waals surface area contributed by atoms with Crippen LogP contribution in [-0.2, 0) is 6.54 Å². The molecule has 1 amide bonds. The molecule has 0 unspecified atom stereocenters. The molecule has 0 aliphatic heterocycles. The van der Waals surface area contributed by atoms with Crippen LogP contribution >= 0.6 is 0 Å². The lowest BCUT2D eigenvalue weighted by molar-refractivity contribution is 0.102. The molecular formula is C24H20N6O2. The fraction of sp³-hybridized carbons (Fsp3) is 0.0833. The summed E-state index contributed by atoms with van der Waals surface area (Å²) in [5, 5.41) is 11.6. The second-order valence-corrected chi connectivity index (χ2v) is 7.22. The first-order valence-corrected chi connectivity index (χ1v) is 10.1. The van der Waals surface area contributed by atoms with Crippen molar-refractivity contribution in [2.75, 3.05) is 12.4 Å². The lowest BCUT2D eigenvalue weighted by Crippen LogP contribution is -2.11. The van der Waals surface area contributed by atoms with E-state index in [1.54, 1.807) is 34.9 Å². The third-order valence-corrected chi connectivity index (χ3v) is 5.09. The molecular weight excluding hydrogens is 404 g/mol. The molecule has 0 aliphatic rings. The number of fused-ring (bicyclic) bond motifs is 1. The van der Waals surface area contributed by atoms with Gasteiger partial charge in [-0.3, -0.25) is 9.48 Å². The smallest absolute Gasteiger partial charge is 0.261 e. The average Bonchev–Trinajstić information content (AvgIpc) is 3.46. The summed E-state index contributed by atoms with van der Waals surface area (Å²) in [7, 11) is 1.64. The number of benzene rings is 2. The lowest BCUT2D eigenvalue weighted by atomic mass is 10.1. The van der Waals surface area contributed by atoms with E-state index in [0.717, 1.165) is 22.6 Å². The summed E-state index contributed by atoms with van der Waals surface area (Å²) in [6.45, 7) is 0.561. The Morgan fingerprint density at radius 3 is 2.75 bits per heavy atom. The van der Waals surface area contributed by atoms with E-state index in [-0.39, 0.29) is 5.91 Å². The fourth-order valence-electron chi connectivity index (χ4n) is 3.55. The first-order chi connectivity index (χ1) is 15.7. The summed E-state index contributed by atoms with van der Waals surface area (Å²) in [6, 6.07) is 19.5. The zero-order valence-corrected chi connectivity index (χ0v) is 17.3. The Bertz CT molecular complexity index is 1390. The van der Waals surface area contributed by atoms with Gasteiger partial charge in [0.2, 0.25) is 0 Å². The van der Waals surface area contributed by atoms with Gasteiger partial charge in [0.05, 0.1) is 37.4 Å². The molecule has 3 aromatic heterocycles. The molecule has 5 rings (SSSR count). The highest BCUT2D eigenvalue weighted by molar-refractivity contribution is 6.08. The minimum absolute atomic E-state index is 0.293. The van der Waals surface area contributed by atoms with E-state index in [1.165, 1.54) is 6.20 Å². The number of carbonyl (C=O) groups is 1. The van der Waals surface area contributed by atoms with Gasteiger partial charge in [0.1, 0.15) is 11.3 Å². The van der Waals surface area contributed by atoms with Crippen molar-refractivity contribution in [2.24, 2.45) is 0 Å². The van der Waals surface area contributed by atoms with E-state index in [2.05, 4.69) is 20.5 Å². The van der Waals surface area contributed by atoms with Crippen LogP contribution in [0.2, 0.25) is 0 Å². The molecule has 0 bridgehead atoms. The predicted octanol–water partition coefficient (Wildman–Crippen LogP) is 3.90. The van der Waals surface area contributed by atoms with E-state index in [4.69, 9.17) is 4.74 Å². The van der Waals surface area contributed by atoms with Crippen LogP contribution in [0.15, 0.2) is 85.5 Å². The first kappa shape index (κ1) is 19.5. The van der Waals surface area contributed by atoms with E-state index >= 15 is 0 Å². The van der Waals surface area contributed by atoms with Crippen molar-refractivity contribution >= 4 is 17.2 Å². The minimum Gasteiger partial charge on any atom is -0.497 e.